The monoisotopic (exact) mass is 379 g/mol. The van der Waals surface area contributed by atoms with Gasteiger partial charge in [-0.3, -0.25) is 0 Å². The minimum Gasteiger partial charge on any atom is -0.348 e. The first-order valence-electron chi connectivity index (χ1n) is 7.36. The van der Waals surface area contributed by atoms with Gasteiger partial charge in [-0.1, -0.05) is 30.3 Å². The zero-order chi connectivity index (χ0) is 16.9. The number of aromatic nitrogens is 3. The van der Waals surface area contributed by atoms with Gasteiger partial charge in [0.2, 0.25) is 17.2 Å². The summed E-state index contributed by atoms with van der Waals surface area (Å²) in [5.74, 6) is 0.327. The molecule has 25 heavy (non-hydrogen) atoms. The molecular weight excluding hydrogens is 364 g/mol. The van der Waals surface area contributed by atoms with E-state index in [1.807, 2.05) is 37.3 Å². The SMILES string of the molecule is CC(Nc1nc(Cl)nc(Nc2ccc(F)cc2)n1)c1ccccc1.Cl. The first-order valence-corrected chi connectivity index (χ1v) is 7.73. The molecule has 130 valence electrons. The third-order valence-corrected chi connectivity index (χ3v) is 3.52. The van der Waals surface area contributed by atoms with Crippen LogP contribution in [0.25, 0.3) is 0 Å². The van der Waals surface area contributed by atoms with E-state index in [0.29, 0.717) is 11.6 Å². The lowest BCUT2D eigenvalue weighted by Gasteiger charge is -2.14. The van der Waals surface area contributed by atoms with Gasteiger partial charge in [-0.05, 0) is 48.4 Å². The smallest absolute Gasteiger partial charge is 0.233 e. The van der Waals surface area contributed by atoms with Crippen molar-refractivity contribution in [2.75, 3.05) is 10.6 Å². The Bertz CT molecular complexity index is 815. The van der Waals surface area contributed by atoms with Gasteiger partial charge in [-0.25, -0.2) is 4.39 Å². The molecule has 0 saturated carbocycles. The zero-order valence-corrected chi connectivity index (χ0v) is 14.9. The Kier molecular flexibility index (Phi) is 6.50. The van der Waals surface area contributed by atoms with Crippen molar-refractivity contribution in [1.29, 1.82) is 0 Å². The van der Waals surface area contributed by atoms with Gasteiger partial charge in [-0.15, -0.1) is 12.4 Å². The standard InChI is InChI=1S/C17H15ClFN5.ClH/c1-11(12-5-3-2-4-6-12)20-16-22-15(18)23-17(24-16)21-14-9-7-13(19)8-10-14;/h2-11H,1H3,(H2,20,21,22,23,24);1H. The maximum absolute atomic E-state index is 13.0. The predicted molar refractivity (Wildman–Crippen MR) is 100 cm³/mol. The summed E-state index contributed by atoms with van der Waals surface area (Å²) in [6, 6.07) is 15.8. The summed E-state index contributed by atoms with van der Waals surface area (Å²) in [6.07, 6.45) is 0. The van der Waals surface area contributed by atoms with Crippen LogP contribution in [0.5, 0.6) is 0 Å². The van der Waals surface area contributed by atoms with E-state index in [9.17, 15) is 4.39 Å². The molecule has 0 aliphatic heterocycles. The number of nitrogens with one attached hydrogen (secondary N) is 2. The fourth-order valence-corrected chi connectivity index (χ4v) is 2.31. The number of halogens is 3. The maximum Gasteiger partial charge on any atom is 0.233 e. The predicted octanol–water partition coefficient (Wildman–Crippen LogP) is 5.00. The second kappa shape index (κ2) is 8.60. The molecule has 0 radical (unpaired) electrons. The molecule has 0 amide bonds. The van der Waals surface area contributed by atoms with E-state index in [-0.39, 0.29) is 35.5 Å². The molecule has 3 rings (SSSR count). The summed E-state index contributed by atoms with van der Waals surface area (Å²) >= 11 is 5.97. The molecule has 3 aromatic rings. The Morgan fingerprint density at radius 1 is 0.920 bits per heavy atom. The second-order valence-electron chi connectivity index (χ2n) is 5.16. The molecule has 2 N–H and O–H groups in total. The van der Waals surface area contributed by atoms with Crippen molar-refractivity contribution in [1.82, 2.24) is 15.0 Å². The Hall–Kier alpha value is -2.44. The second-order valence-corrected chi connectivity index (χ2v) is 5.50. The maximum atomic E-state index is 13.0. The molecule has 0 aliphatic rings. The van der Waals surface area contributed by atoms with Crippen LogP contribution in [0.4, 0.5) is 22.0 Å². The zero-order valence-electron chi connectivity index (χ0n) is 13.3. The molecule has 1 heterocycles. The Balaban J connectivity index is 0.00000225. The van der Waals surface area contributed by atoms with Gasteiger partial charge in [0, 0.05) is 5.69 Å². The van der Waals surface area contributed by atoms with E-state index < -0.39 is 0 Å². The molecule has 1 atom stereocenters. The van der Waals surface area contributed by atoms with Gasteiger partial charge in [-0.2, -0.15) is 15.0 Å². The van der Waals surface area contributed by atoms with E-state index in [1.54, 1.807) is 12.1 Å². The molecule has 0 fully saturated rings. The average molecular weight is 380 g/mol. The lowest BCUT2D eigenvalue weighted by Crippen LogP contribution is -2.11. The molecule has 0 saturated heterocycles. The van der Waals surface area contributed by atoms with Crippen LogP contribution in [-0.2, 0) is 0 Å². The third kappa shape index (κ3) is 5.27. The number of hydrogen-bond acceptors (Lipinski definition) is 5. The van der Waals surface area contributed by atoms with Gasteiger partial charge >= 0.3 is 0 Å². The van der Waals surface area contributed by atoms with Gasteiger partial charge in [0.1, 0.15) is 5.82 Å². The van der Waals surface area contributed by atoms with E-state index in [0.717, 1.165) is 5.56 Å². The number of nitrogens with zero attached hydrogens (tertiary/aromatic N) is 3. The van der Waals surface area contributed by atoms with Crippen molar-refractivity contribution in [2.24, 2.45) is 0 Å². The third-order valence-electron chi connectivity index (χ3n) is 3.35. The molecule has 0 bridgehead atoms. The van der Waals surface area contributed by atoms with E-state index in [4.69, 9.17) is 11.6 Å². The lowest BCUT2D eigenvalue weighted by atomic mass is 10.1. The summed E-state index contributed by atoms with van der Waals surface area (Å²) in [5, 5.41) is 6.23. The normalized spacial score (nSPS) is 11.3. The first kappa shape index (κ1) is 18.9. The van der Waals surface area contributed by atoms with Crippen molar-refractivity contribution < 1.29 is 4.39 Å². The van der Waals surface area contributed by atoms with Crippen LogP contribution in [0.15, 0.2) is 54.6 Å². The van der Waals surface area contributed by atoms with E-state index in [1.165, 1.54) is 12.1 Å². The van der Waals surface area contributed by atoms with Crippen molar-refractivity contribution in [2.45, 2.75) is 13.0 Å². The van der Waals surface area contributed by atoms with Crippen LogP contribution in [0, 0.1) is 5.82 Å². The van der Waals surface area contributed by atoms with Gasteiger partial charge in [0.15, 0.2) is 0 Å². The minimum absolute atomic E-state index is 0. The fraction of sp³-hybridized carbons (Fsp3) is 0.118. The number of benzene rings is 2. The molecule has 2 aromatic carbocycles. The topological polar surface area (TPSA) is 62.7 Å². The quantitative estimate of drug-likeness (QED) is 0.652. The summed E-state index contributed by atoms with van der Waals surface area (Å²) in [4.78, 5) is 12.4. The summed E-state index contributed by atoms with van der Waals surface area (Å²) in [5.41, 5.74) is 1.75. The van der Waals surface area contributed by atoms with Crippen molar-refractivity contribution in [3.8, 4) is 0 Å². The van der Waals surface area contributed by atoms with Crippen LogP contribution in [-0.4, -0.2) is 15.0 Å². The highest BCUT2D eigenvalue weighted by molar-refractivity contribution is 6.28. The van der Waals surface area contributed by atoms with E-state index in [2.05, 4.69) is 25.6 Å². The van der Waals surface area contributed by atoms with Crippen LogP contribution in [0.2, 0.25) is 5.28 Å². The number of hydrogen-bond donors (Lipinski definition) is 2. The Labute approximate surface area is 156 Å². The Morgan fingerprint density at radius 3 is 2.24 bits per heavy atom. The van der Waals surface area contributed by atoms with Gasteiger partial charge in [0.25, 0.3) is 0 Å². The summed E-state index contributed by atoms with van der Waals surface area (Å²) in [6.45, 7) is 2.00. The number of anilines is 3. The van der Waals surface area contributed by atoms with Crippen molar-refractivity contribution in [3.05, 3.63) is 71.3 Å². The van der Waals surface area contributed by atoms with Crippen LogP contribution in [0.3, 0.4) is 0 Å². The molecule has 0 spiro atoms. The van der Waals surface area contributed by atoms with Crippen molar-refractivity contribution in [3.63, 3.8) is 0 Å². The highest BCUT2D eigenvalue weighted by Crippen LogP contribution is 2.20. The largest absolute Gasteiger partial charge is 0.348 e. The van der Waals surface area contributed by atoms with Crippen LogP contribution < -0.4 is 10.6 Å². The Morgan fingerprint density at radius 2 is 1.56 bits per heavy atom. The molecule has 0 aliphatic carbocycles. The van der Waals surface area contributed by atoms with Crippen LogP contribution >= 0.6 is 24.0 Å². The summed E-state index contributed by atoms with van der Waals surface area (Å²) in [7, 11) is 0. The van der Waals surface area contributed by atoms with Crippen molar-refractivity contribution >= 4 is 41.6 Å². The van der Waals surface area contributed by atoms with Gasteiger partial charge < -0.3 is 10.6 Å². The fourth-order valence-electron chi connectivity index (χ4n) is 2.15. The summed E-state index contributed by atoms with van der Waals surface area (Å²) < 4.78 is 13.0. The lowest BCUT2D eigenvalue weighted by molar-refractivity contribution is 0.628. The molecule has 1 unspecified atom stereocenters. The highest BCUT2D eigenvalue weighted by atomic mass is 35.5. The van der Waals surface area contributed by atoms with Gasteiger partial charge in [0.05, 0.1) is 6.04 Å². The molecule has 5 nitrogen and oxygen atoms in total. The van der Waals surface area contributed by atoms with E-state index >= 15 is 0 Å². The minimum atomic E-state index is -0.312. The number of rotatable bonds is 5. The molecule has 1 aromatic heterocycles. The average Bonchev–Trinajstić information content (AvgIpc) is 2.57. The molecular formula is C17H16Cl2FN5. The first-order chi connectivity index (χ1) is 11.6. The highest BCUT2D eigenvalue weighted by Gasteiger charge is 2.10. The van der Waals surface area contributed by atoms with Crippen LogP contribution in [0.1, 0.15) is 18.5 Å². The molecule has 8 heteroatoms.